The standard InChI is InChI=1S/C19H13N3O3/c23-19(22-24)13-7-5-12(6-8-13)18-14-9-10-20-11-17(14)25-16-4-2-1-3-15(16)21-18/h1-11,24H,(H,22,23). The van der Waals surface area contributed by atoms with Gasteiger partial charge in [-0.05, 0) is 30.3 Å². The Morgan fingerprint density at radius 1 is 1.00 bits per heavy atom. The van der Waals surface area contributed by atoms with Crippen LogP contribution in [0.1, 0.15) is 21.5 Å². The van der Waals surface area contributed by atoms with Gasteiger partial charge in [-0.25, -0.2) is 10.5 Å². The maximum Gasteiger partial charge on any atom is 0.274 e. The summed E-state index contributed by atoms with van der Waals surface area (Å²) in [6, 6.07) is 16.2. The van der Waals surface area contributed by atoms with E-state index in [0.717, 1.165) is 16.8 Å². The van der Waals surface area contributed by atoms with Crippen molar-refractivity contribution in [2.75, 3.05) is 0 Å². The van der Waals surface area contributed by atoms with E-state index in [-0.39, 0.29) is 0 Å². The van der Waals surface area contributed by atoms with Crippen molar-refractivity contribution in [1.29, 1.82) is 0 Å². The molecule has 1 amide bonds. The van der Waals surface area contributed by atoms with Gasteiger partial charge in [0.25, 0.3) is 5.91 Å². The molecule has 2 aromatic carbocycles. The van der Waals surface area contributed by atoms with E-state index in [1.54, 1.807) is 42.1 Å². The van der Waals surface area contributed by atoms with Gasteiger partial charge in [-0.15, -0.1) is 0 Å². The van der Waals surface area contributed by atoms with Gasteiger partial charge in [0.1, 0.15) is 5.69 Å². The predicted molar refractivity (Wildman–Crippen MR) is 91.7 cm³/mol. The number of aliphatic imine (C=N–C) groups is 1. The minimum absolute atomic E-state index is 0.354. The van der Waals surface area contributed by atoms with Crippen LogP contribution < -0.4 is 10.2 Å². The molecular weight excluding hydrogens is 318 g/mol. The van der Waals surface area contributed by atoms with Gasteiger partial charge >= 0.3 is 0 Å². The Morgan fingerprint density at radius 3 is 2.60 bits per heavy atom. The number of nitrogens with one attached hydrogen (secondary N) is 1. The average Bonchev–Trinajstić information content (AvgIpc) is 2.84. The van der Waals surface area contributed by atoms with Crippen LogP contribution in [-0.2, 0) is 0 Å². The van der Waals surface area contributed by atoms with Crippen LogP contribution in [0.5, 0.6) is 11.5 Å². The van der Waals surface area contributed by atoms with Crippen molar-refractivity contribution in [3.63, 3.8) is 0 Å². The first kappa shape index (κ1) is 15.0. The van der Waals surface area contributed by atoms with Gasteiger partial charge in [0.2, 0.25) is 0 Å². The van der Waals surface area contributed by atoms with Gasteiger partial charge in [0.05, 0.1) is 11.9 Å². The fourth-order valence-electron chi connectivity index (χ4n) is 2.66. The highest BCUT2D eigenvalue weighted by atomic mass is 16.5. The number of pyridine rings is 1. The van der Waals surface area contributed by atoms with Crippen LogP contribution in [0.25, 0.3) is 0 Å². The molecule has 0 unspecified atom stereocenters. The van der Waals surface area contributed by atoms with E-state index in [4.69, 9.17) is 14.9 Å². The average molecular weight is 331 g/mol. The topological polar surface area (TPSA) is 83.8 Å². The third kappa shape index (κ3) is 2.75. The summed E-state index contributed by atoms with van der Waals surface area (Å²) in [7, 11) is 0. The van der Waals surface area contributed by atoms with Gasteiger partial charge in [-0.2, -0.15) is 0 Å². The van der Waals surface area contributed by atoms with Gasteiger partial charge in [0, 0.05) is 22.9 Å². The summed E-state index contributed by atoms with van der Waals surface area (Å²) in [6.45, 7) is 0. The Labute approximate surface area is 143 Å². The molecule has 4 rings (SSSR count). The summed E-state index contributed by atoms with van der Waals surface area (Å²) in [5.74, 6) is 0.707. The number of hydrogen-bond donors (Lipinski definition) is 2. The van der Waals surface area contributed by atoms with Crippen molar-refractivity contribution in [3.05, 3.63) is 83.7 Å². The third-order valence-electron chi connectivity index (χ3n) is 3.88. The molecular formula is C19H13N3O3. The lowest BCUT2D eigenvalue weighted by atomic mass is 10.0. The monoisotopic (exact) mass is 331 g/mol. The van der Waals surface area contributed by atoms with Crippen LogP contribution in [0.15, 0.2) is 72.0 Å². The summed E-state index contributed by atoms with van der Waals surface area (Å²) in [4.78, 5) is 20.4. The van der Waals surface area contributed by atoms with Gasteiger partial charge in [-0.3, -0.25) is 15.0 Å². The lowest BCUT2D eigenvalue weighted by molar-refractivity contribution is 0.0706. The van der Waals surface area contributed by atoms with E-state index in [1.807, 2.05) is 30.3 Å². The number of benzene rings is 2. The Kier molecular flexibility index (Phi) is 3.72. The number of fused-ring (bicyclic) bond motifs is 2. The van der Waals surface area contributed by atoms with Crippen molar-refractivity contribution in [3.8, 4) is 11.5 Å². The van der Waals surface area contributed by atoms with E-state index in [1.165, 1.54) is 0 Å². The largest absolute Gasteiger partial charge is 0.453 e. The molecule has 1 aliphatic heterocycles. The van der Waals surface area contributed by atoms with Crippen molar-refractivity contribution >= 4 is 17.3 Å². The zero-order chi connectivity index (χ0) is 17.2. The van der Waals surface area contributed by atoms with Crippen molar-refractivity contribution in [2.45, 2.75) is 0 Å². The molecule has 1 aromatic heterocycles. The SMILES string of the molecule is O=C(NO)c1ccc(C2=Nc3ccccc3Oc3cnccc32)cc1. The number of hydrogen-bond acceptors (Lipinski definition) is 5. The van der Waals surface area contributed by atoms with Crippen LogP contribution >= 0.6 is 0 Å². The molecule has 0 bridgehead atoms. The molecule has 3 aromatic rings. The van der Waals surface area contributed by atoms with E-state index in [0.29, 0.717) is 22.7 Å². The molecule has 0 radical (unpaired) electrons. The zero-order valence-corrected chi connectivity index (χ0v) is 13.0. The Balaban J connectivity index is 1.87. The van der Waals surface area contributed by atoms with Crippen molar-refractivity contribution in [2.24, 2.45) is 4.99 Å². The Morgan fingerprint density at radius 2 is 1.80 bits per heavy atom. The second kappa shape index (κ2) is 6.18. The van der Waals surface area contributed by atoms with E-state index in [2.05, 4.69) is 4.98 Å². The van der Waals surface area contributed by atoms with Crippen molar-refractivity contribution in [1.82, 2.24) is 10.5 Å². The zero-order valence-electron chi connectivity index (χ0n) is 13.0. The number of nitrogens with zero attached hydrogens (tertiary/aromatic N) is 2. The maximum atomic E-state index is 11.5. The van der Waals surface area contributed by atoms with E-state index in [9.17, 15) is 4.79 Å². The molecule has 25 heavy (non-hydrogen) atoms. The summed E-state index contributed by atoms with van der Waals surface area (Å²) < 4.78 is 5.96. The quantitative estimate of drug-likeness (QED) is 0.435. The first-order chi connectivity index (χ1) is 12.3. The fraction of sp³-hybridized carbons (Fsp3) is 0. The second-order valence-corrected chi connectivity index (χ2v) is 5.42. The molecule has 0 saturated carbocycles. The molecule has 1 aliphatic rings. The minimum Gasteiger partial charge on any atom is -0.453 e. The molecule has 2 heterocycles. The smallest absolute Gasteiger partial charge is 0.274 e. The maximum absolute atomic E-state index is 11.5. The number of ether oxygens (including phenoxy) is 1. The number of rotatable bonds is 2. The molecule has 122 valence electrons. The minimum atomic E-state index is -0.562. The highest BCUT2D eigenvalue weighted by molar-refractivity contribution is 6.16. The van der Waals surface area contributed by atoms with E-state index >= 15 is 0 Å². The van der Waals surface area contributed by atoms with Gasteiger partial charge in [0.15, 0.2) is 11.5 Å². The summed E-state index contributed by atoms with van der Waals surface area (Å²) in [6.07, 6.45) is 3.34. The highest BCUT2D eigenvalue weighted by Gasteiger charge is 2.19. The van der Waals surface area contributed by atoms with Gasteiger partial charge < -0.3 is 4.74 Å². The third-order valence-corrected chi connectivity index (χ3v) is 3.88. The summed E-state index contributed by atoms with van der Waals surface area (Å²) in [5, 5.41) is 8.74. The second-order valence-electron chi connectivity index (χ2n) is 5.42. The number of carbonyl (C=O) groups excluding carboxylic acids is 1. The molecule has 0 spiro atoms. The first-order valence-electron chi connectivity index (χ1n) is 7.61. The molecule has 0 saturated heterocycles. The highest BCUT2D eigenvalue weighted by Crippen LogP contribution is 2.37. The summed E-state index contributed by atoms with van der Waals surface area (Å²) >= 11 is 0. The Hall–Kier alpha value is -3.51. The van der Waals surface area contributed by atoms with Crippen LogP contribution in [-0.4, -0.2) is 21.8 Å². The normalized spacial score (nSPS) is 12.1. The number of carbonyl (C=O) groups is 1. The summed E-state index contributed by atoms with van der Waals surface area (Å²) in [5.41, 5.74) is 5.04. The molecule has 0 atom stereocenters. The predicted octanol–water partition coefficient (Wildman–Crippen LogP) is 3.48. The lowest BCUT2D eigenvalue weighted by Gasteiger charge is -2.09. The van der Waals surface area contributed by atoms with Crippen LogP contribution in [0.2, 0.25) is 0 Å². The molecule has 0 aliphatic carbocycles. The van der Waals surface area contributed by atoms with Crippen LogP contribution in [0.4, 0.5) is 5.69 Å². The van der Waals surface area contributed by atoms with E-state index < -0.39 is 5.91 Å². The number of aromatic nitrogens is 1. The van der Waals surface area contributed by atoms with Crippen LogP contribution in [0.3, 0.4) is 0 Å². The number of para-hydroxylation sites is 2. The fourth-order valence-corrected chi connectivity index (χ4v) is 2.66. The molecule has 2 N–H and O–H groups in total. The number of hydroxylamine groups is 1. The molecule has 0 fully saturated rings. The number of amides is 1. The van der Waals surface area contributed by atoms with Crippen molar-refractivity contribution < 1.29 is 14.7 Å². The first-order valence-corrected chi connectivity index (χ1v) is 7.61. The Bertz CT molecular complexity index is 981. The lowest BCUT2D eigenvalue weighted by Crippen LogP contribution is -2.18. The van der Waals surface area contributed by atoms with Gasteiger partial charge in [-0.1, -0.05) is 24.3 Å². The molecule has 6 nitrogen and oxygen atoms in total. The molecule has 6 heteroatoms. The van der Waals surface area contributed by atoms with Crippen LogP contribution in [0, 0.1) is 0 Å².